The Balaban J connectivity index is 1.32. The Morgan fingerprint density at radius 3 is 2.67 bits per heavy atom. The molecule has 5 nitrogen and oxygen atoms in total. The summed E-state index contributed by atoms with van der Waals surface area (Å²) in [7, 11) is 0. The number of hydrogen-bond donors (Lipinski definition) is 1. The first kappa shape index (κ1) is 15.7. The van der Waals surface area contributed by atoms with Crippen molar-refractivity contribution < 1.29 is 8.91 Å². The molecular formula is C18H23FN4O. The predicted octanol–water partition coefficient (Wildman–Crippen LogP) is 2.84. The summed E-state index contributed by atoms with van der Waals surface area (Å²) >= 11 is 0. The summed E-state index contributed by atoms with van der Waals surface area (Å²) in [6, 6.07) is 6.88. The van der Waals surface area contributed by atoms with Crippen molar-refractivity contribution in [1.29, 1.82) is 0 Å². The fourth-order valence-corrected chi connectivity index (χ4v) is 3.85. The first-order valence-corrected chi connectivity index (χ1v) is 8.82. The van der Waals surface area contributed by atoms with Gasteiger partial charge in [-0.05, 0) is 75.5 Å². The topological polar surface area (TPSA) is 54.2 Å². The van der Waals surface area contributed by atoms with E-state index in [2.05, 4.69) is 20.4 Å². The molecule has 0 spiro atoms. The molecule has 0 bridgehead atoms. The molecule has 128 valence electrons. The highest BCUT2D eigenvalue weighted by atomic mass is 19.1. The van der Waals surface area contributed by atoms with E-state index in [1.807, 2.05) is 0 Å². The summed E-state index contributed by atoms with van der Waals surface area (Å²) in [5.74, 6) is 1.70. The van der Waals surface area contributed by atoms with Crippen LogP contribution >= 0.6 is 0 Å². The molecule has 6 heteroatoms. The summed E-state index contributed by atoms with van der Waals surface area (Å²) in [4.78, 5) is 6.83. The molecule has 1 N–H and O–H groups in total. The molecule has 0 amide bonds. The number of benzene rings is 1. The summed E-state index contributed by atoms with van der Waals surface area (Å²) in [5.41, 5.74) is 0.775. The number of nitrogens with zero attached hydrogens (tertiary/aromatic N) is 3. The number of piperidine rings is 1. The fourth-order valence-electron chi connectivity index (χ4n) is 3.85. The minimum Gasteiger partial charge on any atom is -0.338 e. The zero-order valence-corrected chi connectivity index (χ0v) is 13.7. The lowest BCUT2D eigenvalue weighted by atomic mass is 9.88. The van der Waals surface area contributed by atoms with Gasteiger partial charge in [0, 0.05) is 11.6 Å². The van der Waals surface area contributed by atoms with Crippen molar-refractivity contribution in [3.8, 4) is 11.4 Å². The van der Waals surface area contributed by atoms with Crippen LogP contribution in [-0.2, 0) is 6.54 Å². The first-order chi connectivity index (χ1) is 11.8. The molecule has 2 fully saturated rings. The van der Waals surface area contributed by atoms with Crippen molar-refractivity contribution in [2.45, 2.75) is 38.3 Å². The Morgan fingerprint density at radius 2 is 1.96 bits per heavy atom. The molecule has 1 aromatic carbocycles. The van der Waals surface area contributed by atoms with Crippen LogP contribution in [0.25, 0.3) is 11.4 Å². The van der Waals surface area contributed by atoms with E-state index in [1.54, 1.807) is 12.1 Å². The van der Waals surface area contributed by atoms with Crippen LogP contribution in [0.15, 0.2) is 28.8 Å². The second-order valence-electron chi connectivity index (χ2n) is 6.84. The number of likely N-dealkylation sites (tertiary alicyclic amines) is 1. The van der Waals surface area contributed by atoms with Crippen LogP contribution in [0.4, 0.5) is 4.39 Å². The number of aromatic nitrogens is 2. The van der Waals surface area contributed by atoms with Crippen LogP contribution < -0.4 is 5.32 Å². The van der Waals surface area contributed by atoms with Gasteiger partial charge in [-0.25, -0.2) is 4.39 Å². The maximum Gasteiger partial charge on any atom is 0.241 e. The van der Waals surface area contributed by atoms with Gasteiger partial charge >= 0.3 is 0 Å². The van der Waals surface area contributed by atoms with Crippen LogP contribution in [0.3, 0.4) is 0 Å². The zero-order chi connectivity index (χ0) is 16.4. The molecule has 2 aromatic rings. The molecule has 3 heterocycles. The van der Waals surface area contributed by atoms with E-state index >= 15 is 0 Å². The largest absolute Gasteiger partial charge is 0.338 e. The van der Waals surface area contributed by atoms with Gasteiger partial charge in [0.2, 0.25) is 11.7 Å². The van der Waals surface area contributed by atoms with Gasteiger partial charge < -0.3 is 9.84 Å². The Bertz CT molecular complexity index is 658. The summed E-state index contributed by atoms with van der Waals surface area (Å²) in [6.07, 6.45) is 5.11. The molecule has 1 atom stereocenters. The van der Waals surface area contributed by atoms with Crippen molar-refractivity contribution in [2.75, 3.05) is 19.6 Å². The number of hydrogen-bond acceptors (Lipinski definition) is 5. The second-order valence-corrected chi connectivity index (χ2v) is 6.84. The van der Waals surface area contributed by atoms with Crippen LogP contribution in [0.2, 0.25) is 0 Å². The highest BCUT2D eigenvalue weighted by molar-refractivity contribution is 5.53. The highest BCUT2D eigenvalue weighted by Crippen LogP contribution is 2.26. The smallest absolute Gasteiger partial charge is 0.241 e. The Morgan fingerprint density at radius 1 is 1.17 bits per heavy atom. The third kappa shape index (κ3) is 3.49. The van der Waals surface area contributed by atoms with Crippen molar-refractivity contribution >= 4 is 0 Å². The van der Waals surface area contributed by atoms with Crippen molar-refractivity contribution in [3.63, 3.8) is 0 Å². The molecule has 1 aromatic heterocycles. The summed E-state index contributed by atoms with van der Waals surface area (Å²) in [6.45, 7) is 4.03. The first-order valence-electron chi connectivity index (χ1n) is 8.82. The molecule has 2 saturated heterocycles. The van der Waals surface area contributed by atoms with E-state index in [0.717, 1.165) is 30.6 Å². The third-order valence-electron chi connectivity index (χ3n) is 5.23. The number of halogens is 1. The molecule has 2 aliphatic rings. The Kier molecular flexibility index (Phi) is 4.58. The Hall–Kier alpha value is -1.79. The molecular weight excluding hydrogens is 307 g/mol. The lowest BCUT2D eigenvalue weighted by Crippen LogP contribution is -2.40. The van der Waals surface area contributed by atoms with Crippen molar-refractivity contribution in [3.05, 3.63) is 36.0 Å². The van der Waals surface area contributed by atoms with Gasteiger partial charge in [-0.1, -0.05) is 5.16 Å². The van der Waals surface area contributed by atoms with Gasteiger partial charge in [0.15, 0.2) is 0 Å². The fraction of sp³-hybridized carbons (Fsp3) is 0.556. The van der Waals surface area contributed by atoms with Gasteiger partial charge in [-0.15, -0.1) is 0 Å². The van der Waals surface area contributed by atoms with E-state index in [9.17, 15) is 4.39 Å². The Labute approximate surface area is 141 Å². The minimum absolute atomic E-state index is 0.262. The number of rotatable bonds is 4. The summed E-state index contributed by atoms with van der Waals surface area (Å²) in [5, 5.41) is 7.64. The van der Waals surface area contributed by atoms with Gasteiger partial charge in [0.25, 0.3) is 0 Å². The number of nitrogens with one attached hydrogen (secondary N) is 1. The average molecular weight is 330 g/mol. The molecule has 24 heavy (non-hydrogen) atoms. The molecule has 0 saturated carbocycles. The highest BCUT2D eigenvalue weighted by Gasteiger charge is 2.28. The van der Waals surface area contributed by atoms with Gasteiger partial charge in [0.05, 0.1) is 6.54 Å². The van der Waals surface area contributed by atoms with Gasteiger partial charge in [-0.3, -0.25) is 4.90 Å². The quantitative estimate of drug-likeness (QED) is 0.934. The SMILES string of the molecule is Fc1ccc(-c2noc(CN3CCC(C4CCCN4)CC3)n2)cc1. The third-order valence-corrected chi connectivity index (χ3v) is 5.23. The molecule has 4 rings (SSSR count). The summed E-state index contributed by atoms with van der Waals surface area (Å²) < 4.78 is 18.4. The molecule has 0 radical (unpaired) electrons. The van der Waals surface area contributed by atoms with E-state index in [0.29, 0.717) is 18.3 Å². The monoisotopic (exact) mass is 330 g/mol. The zero-order valence-electron chi connectivity index (χ0n) is 13.7. The second kappa shape index (κ2) is 6.99. The van der Waals surface area contributed by atoms with E-state index in [1.165, 1.54) is 44.4 Å². The van der Waals surface area contributed by atoms with Crippen LogP contribution in [0, 0.1) is 11.7 Å². The van der Waals surface area contributed by atoms with E-state index in [-0.39, 0.29) is 5.82 Å². The van der Waals surface area contributed by atoms with E-state index in [4.69, 9.17) is 4.52 Å². The molecule has 1 unspecified atom stereocenters. The lowest BCUT2D eigenvalue weighted by Gasteiger charge is -2.34. The van der Waals surface area contributed by atoms with Gasteiger partial charge in [-0.2, -0.15) is 4.98 Å². The van der Waals surface area contributed by atoms with Crippen molar-refractivity contribution in [1.82, 2.24) is 20.4 Å². The normalized spacial score (nSPS) is 23.0. The lowest BCUT2D eigenvalue weighted by molar-refractivity contribution is 0.143. The average Bonchev–Trinajstić information content (AvgIpc) is 3.28. The standard InChI is InChI=1S/C18H23FN4O/c19-15-5-3-14(4-6-15)18-21-17(24-22-18)12-23-10-7-13(8-11-23)16-2-1-9-20-16/h3-6,13,16,20H,1-2,7-12H2. The maximum absolute atomic E-state index is 13.0. The minimum atomic E-state index is -0.262. The molecule has 2 aliphatic heterocycles. The van der Waals surface area contributed by atoms with Crippen LogP contribution in [0.5, 0.6) is 0 Å². The maximum atomic E-state index is 13.0. The molecule has 0 aliphatic carbocycles. The van der Waals surface area contributed by atoms with Crippen LogP contribution in [0.1, 0.15) is 31.6 Å². The van der Waals surface area contributed by atoms with Gasteiger partial charge in [0.1, 0.15) is 5.82 Å². The van der Waals surface area contributed by atoms with Crippen LogP contribution in [-0.4, -0.2) is 40.7 Å². The van der Waals surface area contributed by atoms with E-state index < -0.39 is 0 Å². The van der Waals surface area contributed by atoms with Crippen molar-refractivity contribution in [2.24, 2.45) is 5.92 Å². The predicted molar refractivity (Wildman–Crippen MR) is 88.7 cm³/mol.